The molecule has 1 heterocycles. The number of nitrogens with two attached hydrogens (primary N) is 1. The molecule has 1 aromatic heterocycles. The molecule has 0 aliphatic carbocycles. The molecule has 0 aliphatic heterocycles. The second-order valence-electron chi connectivity index (χ2n) is 4.15. The van der Waals surface area contributed by atoms with Crippen molar-refractivity contribution in [2.45, 2.75) is 11.6 Å². The van der Waals surface area contributed by atoms with Crippen LogP contribution in [0.25, 0.3) is 0 Å². The largest absolute Gasteiger partial charge is 0.495 e. The van der Waals surface area contributed by atoms with Gasteiger partial charge in [0.25, 0.3) is 10.0 Å². The van der Waals surface area contributed by atoms with Gasteiger partial charge in [0.1, 0.15) is 11.5 Å². The lowest BCUT2D eigenvalue weighted by Crippen LogP contribution is -2.10. The Morgan fingerprint density at radius 1 is 1.38 bits per heavy atom. The standard InChI is InChI=1S/C13H13N3O4S/c1-19-12-6-9(7-14)2-4-11(12)16-8-10-3-5-13(20-10)21(15,17)18/h2-6,16H,8H2,1H3,(H2,15,17,18). The van der Waals surface area contributed by atoms with Gasteiger partial charge in [-0.2, -0.15) is 5.26 Å². The molecule has 2 rings (SSSR count). The van der Waals surface area contributed by atoms with Crippen LogP contribution in [0.15, 0.2) is 39.8 Å². The summed E-state index contributed by atoms with van der Waals surface area (Å²) in [6, 6.07) is 9.76. The molecule has 21 heavy (non-hydrogen) atoms. The maximum absolute atomic E-state index is 11.1. The van der Waals surface area contributed by atoms with Gasteiger partial charge in [0.15, 0.2) is 0 Å². The predicted molar refractivity (Wildman–Crippen MR) is 75.1 cm³/mol. The average molecular weight is 307 g/mol. The van der Waals surface area contributed by atoms with Crippen LogP contribution in [0, 0.1) is 11.3 Å². The maximum atomic E-state index is 11.1. The first-order valence-electron chi connectivity index (χ1n) is 5.87. The molecule has 0 saturated heterocycles. The summed E-state index contributed by atoms with van der Waals surface area (Å²) in [4.78, 5) is 0. The van der Waals surface area contributed by atoms with Gasteiger partial charge in [-0.3, -0.25) is 0 Å². The Kier molecular flexibility index (Phi) is 4.16. The highest BCUT2D eigenvalue weighted by Crippen LogP contribution is 2.26. The Labute approximate surface area is 122 Å². The molecule has 0 atom stereocenters. The molecule has 0 saturated carbocycles. The van der Waals surface area contributed by atoms with Gasteiger partial charge < -0.3 is 14.5 Å². The lowest BCUT2D eigenvalue weighted by Gasteiger charge is -2.10. The molecule has 2 aromatic rings. The van der Waals surface area contributed by atoms with Gasteiger partial charge in [-0.05, 0) is 24.3 Å². The fourth-order valence-corrected chi connectivity index (χ4v) is 2.18. The quantitative estimate of drug-likeness (QED) is 0.862. The number of furan rings is 1. The van der Waals surface area contributed by atoms with Crippen molar-refractivity contribution in [1.82, 2.24) is 0 Å². The minimum Gasteiger partial charge on any atom is -0.495 e. The van der Waals surface area contributed by atoms with E-state index >= 15 is 0 Å². The highest BCUT2D eigenvalue weighted by atomic mass is 32.2. The molecular formula is C13H13N3O4S. The average Bonchev–Trinajstić information content (AvgIpc) is 2.94. The zero-order valence-electron chi connectivity index (χ0n) is 11.2. The van der Waals surface area contributed by atoms with Crippen LogP contribution in [0.5, 0.6) is 5.75 Å². The van der Waals surface area contributed by atoms with Crippen molar-refractivity contribution in [2.24, 2.45) is 5.14 Å². The van der Waals surface area contributed by atoms with Crippen molar-refractivity contribution in [1.29, 1.82) is 5.26 Å². The maximum Gasteiger partial charge on any atom is 0.271 e. The molecule has 0 fully saturated rings. The van der Waals surface area contributed by atoms with Gasteiger partial charge in [-0.1, -0.05) is 0 Å². The Balaban J connectivity index is 2.13. The molecule has 110 valence electrons. The Morgan fingerprint density at radius 2 is 2.14 bits per heavy atom. The minimum absolute atomic E-state index is 0.248. The first kappa shape index (κ1) is 14.9. The molecule has 0 unspecified atom stereocenters. The molecule has 0 aliphatic rings. The van der Waals surface area contributed by atoms with E-state index in [1.165, 1.54) is 19.2 Å². The van der Waals surface area contributed by atoms with E-state index in [1.54, 1.807) is 18.2 Å². The van der Waals surface area contributed by atoms with Crippen LogP contribution in [-0.2, 0) is 16.6 Å². The van der Waals surface area contributed by atoms with Crippen LogP contribution in [-0.4, -0.2) is 15.5 Å². The third-order valence-electron chi connectivity index (χ3n) is 2.70. The fraction of sp³-hybridized carbons (Fsp3) is 0.154. The first-order chi connectivity index (χ1) is 9.94. The summed E-state index contributed by atoms with van der Waals surface area (Å²) in [7, 11) is -2.35. The van der Waals surface area contributed by atoms with Crippen molar-refractivity contribution in [3.63, 3.8) is 0 Å². The summed E-state index contributed by atoms with van der Waals surface area (Å²) in [6.45, 7) is 0.248. The number of benzene rings is 1. The van der Waals surface area contributed by atoms with Crippen LogP contribution in [0.2, 0.25) is 0 Å². The summed E-state index contributed by atoms with van der Waals surface area (Å²) in [6.07, 6.45) is 0. The van der Waals surface area contributed by atoms with E-state index in [0.717, 1.165) is 0 Å². The lowest BCUT2D eigenvalue weighted by molar-refractivity contribution is 0.412. The first-order valence-corrected chi connectivity index (χ1v) is 7.42. The third-order valence-corrected chi connectivity index (χ3v) is 3.48. The summed E-state index contributed by atoms with van der Waals surface area (Å²) < 4.78 is 32.5. The van der Waals surface area contributed by atoms with Gasteiger partial charge in [0.2, 0.25) is 5.09 Å². The van der Waals surface area contributed by atoms with Crippen molar-refractivity contribution in [2.75, 3.05) is 12.4 Å². The second-order valence-corrected chi connectivity index (χ2v) is 5.64. The van der Waals surface area contributed by atoms with E-state index in [0.29, 0.717) is 22.8 Å². The number of nitrogens with one attached hydrogen (secondary N) is 1. The summed E-state index contributed by atoms with van der Waals surface area (Å²) in [5, 5.41) is 16.5. The van der Waals surface area contributed by atoms with E-state index in [2.05, 4.69) is 5.32 Å². The second kappa shape index (κ2) is 5.87. The molecule has 0 spiro atoms. The number of rotatable bonds is 5. The SMILES string of the molecule is COc1cc(C#N)ccc1NCc1ccc(S(N)(=O)=O)o1. The normalized spacial score (nSPS) is 10.9. The van der Waals surface area contributed by atoms with Crippen LogP contribution in [0.4, 0.5) is 5.69 Å². The van der Waals surface area contributed by atoms with Gasteiger partial charge >= 0.3 is 0 Å². The molecule has 0 radical (unpaired) electrons. The highest BCUT2D eigenvalue weighted by molar-refractivity contribution is 7.89. The molecule has 3 N–H and O–H groups in total. The van der Waals surface area contributed by atoms with E-state index in [4.69, 9.17) is 19.6 Å². The van der Waals surface area contributed by atoms with E-state index in [-0.39, 0.29) is 11.6 Å². The van der Waals surface area contributed by atoms with Gasteiger partial charge in [-0.15, -0.1) is 0 Å². The van der Waals surface area contributed by atoms with E-state index in [1.807, 2.05) is 6.07 Å². The smallest absolute Gasteiger partial charge is 0.271 e. The molecule has 1 aromatic carbocycles. The summed E-state index contributed by atoms with van der Waals surface area (Å²) >= 11 is 0. The highest BCUT2D eigenvalue weighted by Gasteiger charge is 2.13. The Morgan fingerprint density at radius 3 is 2.71 bits per heavy atom. The number of anilines is 1. The number of hydrogen-bond donors (Lipinski definition) is 2. The van der Waals surface area contributed by atoms with Crippen LogP contribution in [0.3, 0.4) is 0 Å². The Hall–Kier alpha value is -2.50. The number of nitrogens with zero attached hydrogens (tertiary/aromatic N) is 1. The monoisotopic (exact) mass is 307 g/mol. The topological polar surface area (TPSA) is 118 Å². The van der Waals surface area contributed by atoms with Crippen molar-refractivity contribution >= 4 is 15.7 Å². The van der Waals surface area contributed by atoms with Crippen LogP contribution in [0.1, 0.15) is 11.3 Å². The number of sulfonamides is 1. The van der Waals surface area contributed by atoms with Gasteiger partial charge in [-0.25, -0.2) is 13.6 Å². The van der Waals surface area contributed by atoms with Crippen LogP contribution < -0.4 is 15.2 Å². The van der Waals surface area contributed by atoms with Crippen LogP contribution >= 0.6 is 0 Å². The van der Waals surface area contributed by atoms with Gasteiger partial charge in [0, 0.05) is 6.07 Å². The Bertz CT molecular complexity index is 790. The molecule has 7 nitrogen and oxygen atoms in total. The molecule has 8 heteroatoms. The van der Waals surface area contributed by atoms with E-state index < -0.39 is 10.0 Å². The number of hydrogen-bond acceptors (Lipinski definition) is 6. The summed E-state index contributed by atoms with van der Waals surface area (Å²) in [5.74, 6) is 0.915. The zero-order chi connectivity index (χ0) is 15.5. The van der Waals surface area contributed by atoms with Gasteiger partial charge in [0.05, 0.1) is 31.0 Å². The number of methoxy groups -OCH3 is 1. The predicted octanol–water partition coefficient (Wildman–Crippen LogP) is 1.42. The van der Waals surface area contributed by atoms with Crippen molar-refractivity contribution in [3.8, 4) is 11.8 Å². The lowest BCUT2D eigenvalue weighted by atomic mass is 10.2. The number of nitriles is 1. The molecule has 0 bridgehead atoms. The molecular weight excluding hydrogens is 294 g/mol. The van der Waals surface area contributed by atoms with Crippen molar-refractivity contribution < 1.29 is 17.6 Å². The molecule has 0 amide bonds. The third kappa shape index (κ3) is 3.53. The zero-order valence-corrected chi connectivity index (χ0v) is 12.0. The van der Waals surface area contributed by atoms with Crippen molar-refractivity contribution in [3.05, 3.63) is 41.7 Å². The fourth-order valence-electron chi connectivity index (χ4n) is 1.70. The summed E-state index contributed by atoms with van der Waals surface area (Å²) in [5.41, 5.74) is 1.14. The van der Waals surface area contributed by atoms with E-state index in [9.17, 15) is 8.42 Å². The number of ether oxygens (including phenoxy) is 1. The minimum atomic E-state index is -3.84. The number of primary sulfonamides is 1.